The van der Waals surface area contributed by atoms with Gasteiger partial charge in [0.15, 0.2) is 5.78 Å². The zero-order valence-corrected chi connectivity index (χ0v) is 17.4. The molecule has 3 aromatic rings. The number of allylic oxidation sites excluding steroid dienone is 1. The predicted octanol–water partition coefficient (Wildman–Crippen LogP) is 5.20. The number of hydrogen-bond acceptors (Lipinski definition) is 4. The molecule has 0 unspecified atom stereocenters. The van der Waals surface area contributed by atoms with Crippen molar-refractivity contribution in [2.75, 3.05) is 5.32 Å². The molecule has 0 fully saturated rings. The van der Waals surface area contributed by atoms with Gasteiger partial charge in [0.1, 0.15) is 11.6 Å². The fourth-order valence-corrected chi connectivity index (χ4v) is 4.80. The van der Waals surface area contributed by atoms with Crippen molar-refractivity contribution in [3.05, 3.63) is 77.0 Å². The summed E-state index contributed by atoms with van der Waals surface area (Å²) in [6.45, 7) is 6.32. The van der Waals surface area contributed by atoms with Crippen molar-refractivity contribution >= 4 is 17.2 Å². The van der Waals surface area contributed by atoms with E-state index in [1.54, 1.807) is 12.1 Å². The van der Waals surface area contributed by atoms with Gasteiger partial charge in [-0.2, -0.15) is 5.10 Å². The second-order valence-corrected chi connectivity index (χ2v) is 9.06. The molecule has 30 heavy (non-hydrogen) atoms. The van der Waals surface area contributed by atoms with Gasteiger partial charge in [0.2, 0.25) is 0 Å². The Bertz CT molecular complexity index is 1170. The van der Waals surface area contributed by atoms with Crippen LogP contribution in [-0.4, -0.2) is 20.7 Å². The number of aromatic nitrogens is 2. The number of phenolic OH excluding ortho intramolecular Hbond substituents is 1. The Labute approximate surface area is 176 Å². The van der Waals surface area contributed by atoms with E-state index in [0.717, 1.165) is 45.9 Å². The lowest BCUT2D eigenvalue weighted by molar-refractivity contribution is -0.118. The normalized spacial score (nSPS) is 19.8. The molecule has 1 atom stereocenters. The van der Waals surface area contributed by atoms with E-state index in [-0.39, 0.29) is 23.0 Å². The van der Waals surface area contributed by atoms with Crippen LogP contribution in [0.5, 0.6) is 5.75 Å². The number of aryl methyl sites for hydroxylation is 1. The van der Waals surface area contributed by atoms with Crippen LogP contribution >= 0.6 is 0 Å². The minimum absolute atomic E-state index is 0.0919. The van der Waals surface area contributed by atoms with Gasteiger partial charge in [-0.15, -0.1) is 0 Å². The second-order valence-electron chi connectivity index (χ2n) is 9.06. The SMILES string of the molecule is Cc1nn(-c2ccccc2)c2c1C1=C(C(=O)CC(C)(C)C1)[C@@H](c1ccc(O)cc1)N2. The van der Waals surface area contributed by atoms with Crippen molar-refractivity contribution in [3.8, 4) is 11.4 Å². The lowest BCUT2D eigenvalue weighted by Gasteiger charge is -2.39. The molecule has 0 radical (unpaired) electrons. The highest BCUT2D eigenvalue weighted by Crippen LogP contribution is 2.51. The van der Waals surface area contributed by atoms with Crippen LogP contribution in [-0.2, 0) is 4.79 Å². The number of aromatic hydroxyl groups is 1. The van der Waals surface area contributed by atoms with Crippen LogP contribution in [0.4, 0.5) is 5.82 Å². The third-order valence-electron chi connectivity index (χ3n) is 6.08. The van der Waals surface area contributed by atoms with E-state index in [4.69, 9.17) is 5.10 Å². The number of nitrogens with one attached hydrogen (secondary N) is 1. The van der Waals surface area contributed by atoms with E-state index in [2.05, 4.69) is 19.2 Å². The van der Waals surface area contributed by atoms with Crippen LogP contribution in [0.15, 0.2) is 60.2 Å². The molecule has 5 nitrogen and oxygen atoms in total. The largest absolute Gasteiger partial charge is 0.508 e. The van der Waals surface area contributed by atoms with Gasteiger partial charge in [-0.25, -0.2) is 4.68 Å². The van der Waals surface area contributed by atoms with Crippen molar-refractivity contribution in [1.29, 1.82) is 0 Å². The summed E-state index contributed by atoms with van der Waals surface area (Å²) in [6, 6.07) is 16.9. The maximum absolute atomic E-state index is 13.3. The van der Waals surface area contributed by atoms with Gasteiger partial charge in [0, 0.05) is 17.6 Å². The zero-order valence-electron chi connectivity index (χ0n) is 17.4. The van der Waals surface area contributed by atoms with Gasteiger partial charge in [0.05, 0.1) is 17.4 Å². The molecule has 1 aliphatic carbocycles. The summed E-state index contributed by atoms with van der Waals surface area (Å²) in [5.74, 6) is 1.32. The lowest BCUT2D eigenvalue weighted by atomic mass is 9.68. The van der Waals surface area contributed by atoms with Gasteiger partial charge in [-0.3, -0.25) is 4.79 Å². The first-order valence-electron chi connectivity index (χ1n) is 10.3. The monoisotopic (exact) mass is 399 g/mol. The molecule has 1 aromatic heterocycles. The van der Waals surface area contributed by atoms with Gasteiger partial charge < -0.3 is 10.4 Å². The second kappa shape index (κ2) is 6.59. The highest BCUT2D eigenvalue weighted by Gasteiger charge is 2.42. The Hall–Kier alpha value is -3.34. The predicted molar refractivity (Wildman–Crippen MR) is 118 cm³/mol. The first kappa shape index (κ1) is 18.7. The van der Waals surface area contributed by atoms with Gasteiger partial charge >= 0.3 is 0 Å². The third-order valence-corrected chi connectivity index (χ3v) is 6.08. The Morgan fingerprint density at radius 1 is 1.07 bits per heavy atom. The summed E-state index contributed by atoms with van der Waals surface area (Å²) in [6.07, 6.45) is 1.36. The molecule has 152 valence electrons. The molecule has 0 bridgehead atoms. The smallest absolute Gasteiger partial charge is 0.162 e. The van der Waals surface area contributed by atoms with Crippen LogP contribution in [0.1, 0.15) is 49.6 Å². The molecule has 5 rings (SSSR count). The molecule has 5 heteroatoms. The van der Waals surface area contributed by atoms with Crippen molar-refractivity contribution in [2.45, 2.75) is 39.7 Å². The number of hydrogen-bond donors (Lipinski definition) is 2. The van der Waals surface area contributed by atoms with E-state index in [1.165, 1.54) is 0 Å². The maximum atomic E-state index is 13.3. The molecule has 2 aliphatic rings. The minimum atomic E-state index is -0.268. The molecule has 0 amide bonds. The molecule has 0 saturated carbocycles. The first-order chi connectivity index (χ1) is 14.3. The summed E-state index contributed by atoms with van der Waals surface area (Å²) in [7, 11) is 0. The number of carbonyl (C=O) groups excluding carboxylic acids is 1. The van der Waals surface area contributed by atoms with E-state index in [9.17, 15) is 9.90 Å². The summed E-state index contributed by atoms with van der Waals surface area (Å²) < 4.78 is 1.94. The first-order valence-corrected chi connectivity index (χ1v) is 10.3. The van der Waals surface area contributed by atoms with Gasteiger partial charge in [-0.05, 0) is 54.2 Å². The molecule has 0 spiro atoms. The van der Waals surface area contributed by atoms with E-state index in [1.807, 2.05) is 54.1 Å². The van der Waals surface area contributed by atoms with Crippen molar-refractivity contribution in [2.24, 2.45) is 5.41 Å². The Kier molecular flexibility index (Phi) is 4.10. The van der Waals surface area contributed by atoms with Crippen LogP contribution in [0, 0.1) is 12.3 Å². The quantitative estimate of drug-likeness (QED) is 0.622. The number of nitrogens with zero attached hydrogens (tertiary/aromatic N) is 2. The van der Waals surface area contributed by atoms with E-state index < -0.39 is 0 Å². The van der Waals surface area contributed by atoms with E-state index in [0.29, 0.717) is 6.42 Å². The van der Waals surface area contributed by atoms with Gasteiger partial charge in [0.25, 0.3) is 0 Å². The Morgan fingerprint density at radius 2 is 1.77 bits per heavy atom. The fourth-order valence-electron chi connectivity index (χ4n) is 4.80. The number of Topliss-reactive ketones (excluding diaryl/α,β-unsaturated/α-hetero) is 1. The average molecular weight is 399 g/mol. The fraction of sp³-hybridized carbons (Fsp3) is 0.280. The molecule has 0 saturated heterocycles. The van der Waals surface area contributed by atoms with E-state index >= 15 is 0 Å². The zero-order chi connectivity index (χ0) is 21.0. The Balaban J connectivity index is 1.75. The highest BCUT2D eigenvalue weighted by atomic mass is 16.3. The molecular formula is C25H25N3O2. The average Bonchev–Trinajstić information content (AvgIpc) is 3.04. The molecule has 2 N–H and O–H groups in total. The lowest BCUT2D eigenvalue weighted by Crippen LogP contribution is -2.33. The maximum Gasteiger partial charge on any atom is 0.162 e. The van der Waals surface area contributed by atoms with Gasteiger partial charge in [-0.1, -0.05) is 44.2 Å². The number of para-hydroxylation sites is 1. The summed E-state index contributed by atoms with van der Waals surface area (Å²) in [5, 5.41) is 18.2. The number of carbonyl (C=O) groups is 1. The number of phenols is 1. The summed E-state index contributed by atoms with van der Waals surface area (Å²) in [4.78, 5) is 13.3. The standard InChI is InChI=1S/C25H25N3O2/c1-15-21-19-13-25(2,3)14-20(30)22(19)23(16-9-11-18(29)12-10-16)26-24(21)28(27-15)17-7-5-4-6-8-17/h4-12,23,26,29H,13-14H2,1-3H3/t23-/m1/s1. The van der Waals surface area contributed by atoms with Crippen LogP contribution in [0.3, 0.4) is 0 Å². The van der Waals surface area contributed by atoms with Crippen molar-refractivity contribution < 1.29 is 9.90 Å². The summed E-state index contributed by atoms with van der Waals surface area (Å²) in [5.41, 5.74) is 5.74. The molecule has 2 heterocycles. The number of ketones is 1. The third kappa shape index (κ3) is 2.93. The Morgan fingerprint density at radius 3 is 2.47 bits per heavy atom. The van der Waals surface area contributed by atoms with Crippen molar-refractivity contribution in [1.82, 2.24) is 9.78 Å². The molecule has 2 aromatic carbocycles. The number of benzene rings is 2. The van der Waals surface area contributed by atoms with Crippen LogP contribution in [0.25, 0.3) is 11.3 Å². The highest BCUT2D eigenvalue weighted by molar-refractivity contribution is 6.09. The molecule has 1 aliphatic heterocycles. The number of rotatable bonds is 2. The van der Waals surface area contributed by atoms with Crippen LogP contribution < -0.4 is 5.32 Å². The topological polar surface area (TPSA) is 67.2 Å². The number of fused-ring (bicyclic) bond motifs is 2. The van der Waals surface area contributed by atoms with Crippen LogP contribution in [0.2, 0.25) is 0 Å². The summed E-state index contributed by atoms with van der Waals surface area (Å²) >= 11 is 0. The minimum Gasteiger partial charge on any atom is -0.508 e. The molecular weight excluding hydrogens is 374 g/mol. The van der Waals surface area contributed by atoms with Crippen molar-refractivity contribution in [3.63, 3.8) is 0 Å². The number of anilines is 1.